The highest BCUT2D eigenvalue weighted by Gasteiger charge is 2.43. The van der Waals surface area contributed by atoms with Crippen LogP contribution in [0.2, 0.25) is 0 Å². The first-order valence-corrected chi connectivity index (χ1v) is 14.5. The number of nitrogens with one attached hydrogen (secondary N) is 1. The topological polar surface area (TPSA) is 137 Å². The lowest BCUT2D eigenvalue weighted by Crippen LogP contribution is -2.66. The summed E-state index contributed by atoms with van der Waals surface area (Å²) in [5, 5.41) is 32.4. The molecule has 5 heterocycles. The van der Waals surface area contributed by atoms with Crippen molar-refractivity contribution in [3.8, 4) is 17.2 Å². The summed E-state index contributed by atoms with van der Waals surface area (Å²) in [7, 11) is 0. The maximum Gasteiger partial charge on any atom is 0.259 e. The fourth-order valence-corrected chi connectivity index (χ4v) is 6.05. The van der Waals surface area contributed by atoms with E-state index in [2.05, 4.69) is 20.5 Å². The Kier molecular flexibility index (Phi) is 6.65. The standard InChI is InChI=1S/C30H34FN9O3/c1-17(2)39-16-33-36-27(39)22-5-4-6-25(34-22)35-28(41)20-10-23-19(9-21(20)31)11-37(29(42)38-13-30(3,43)14-38)12-24-26(18-7-8-18)32-15-40(23)24/h4-6,9-10,15-18,29,42-43H,7-8,11-14H2,1-3H3,(H,34,35,41). The predicted octanol–water partition coefficient (Wildman–Crippen LogP) is 3.03. The van der Waals surface area contributed by atoms with Gasteiger partial charge >= 0.3 is 0 Å². The molecule has 2 fully saturated rings. The number of benzene rings is 1. The molecule has 0 spiro atoms. The van der Waals surface area contributed by atoms with Crippen molar-refractivity contribution in [2.45, 2.75) is 70.6 Å². The molecule has 1 atom stereocenters. The molecule has 1 amide bonds. The Hall–Kier alpha value is -4.04. The zero-order valence-electron chi connectivity index (χ0n) is 24.3. The van der Waals surface area contributed by atoms with Crippen LogP contribution in [-0.2, 0) is 13.1 Å². The van der Waals surface area contributed by atoms with E-state index < -0.39 is 23.7 Å². The van der Waals surface area contributed by atoms with Crippen molar-refractivity contribution in [1.82, 2.24) is 39.1 Å². The van der Waals surface area contributed by atoms with E-state index in [-0.39, 0.29) is 24.0 Å². The van der Waals surface area contributed by atoms with Gasteiger partial charge in [0.05, 0.1) is 34.6 Å². The number of pyridine rings is 1. The zero-order chi connectivity index (χ0) is 30.0. The largest absolute Gasteiger partial charge is 0.387 e. The van der Waals surface area contributed by atoms with Gasteiger partial charge in [0.15, 0.2) is 12.2 Å². The molecule has 13 heteroatoms. The molecule has 1 saturated heterocycles. The van der Waals surface area contributed by atoms with Crippen LogP contribution in [0.5, 0.6) is 0 Å². The highest BCUT2D eigenvalue weighted by atomic mass is 19.1. The van der Waals surface area contributed by atoms with Crippen LogP contribution in [0.4, 0.5) is 10.2 Å². The Balaban J connectivity index is 1.20. The number of imidazole rings is 1. The van der Waals surface area contributed by atoms with Gasteiger partial charge in [-0.05, 0) is 63.4 Å². The quantitative estimate of drug-likeness (QED) is 0.298. The number of carbonyl (C=O) groups is 1. The van der Waals surface area contributed by atoms with Crippen molar-refractivity contribution in [1.29, 1.82) is 0 Å². The molecule has 12 nitrogen and oxygen atoms in total. The van der Waals surface area contributed by atoms with Crippen molar-refractivity contribution in [2.75, 3.05) is 18.4 Å². The second-order valence-corrected chi connectivity index (χ2v) is 12.4. The summed E-state index contributed by atoms with van der Waals surface area (Å²) >= 11 is 0. The lowest BCUT2D eigenvalue weighted by molar-refractivity contribution is -0.206. The van der Waals surface area contributed by atoms with E-state index >= 15 is 4.39 Å². The van der Waals surface area contributed by atoms with Crippen molar-refractivity contribution in [3.05, 3.63) is 71.3 Å². The SMILES string of the molecule is CC(C)n1cnnc1-c1cccc(NC(=O)c2cc3c(cc2F)CN(C(O)N2CC(C)(O)C2)Cc2c(C4CC4)ncn2-3)n1. The van der Waals surface area contributed by atoms with Gasteiger partial charge in [-0.3, -0.25) is 14.6 Å². The third-order valence-electron chi connectivity index (χ3n) is 8.35. The summed E-state index contributed by atoms with van der Waals surface area (Å²) in [4.78, 5) is 26.3. The van der Waals surface area contributed by atoms with E-state index in [9.17, 15) is 15.0 Å². The molecule has 3 aromatic heterocycles. The number of hydrogen-bond acceptors (Lipinski definition) is 9. The van der Waals surface area contributed by atoms with Crippen molar-refractivity contribution in [2.24, 2.45) is 0 Å². The Morgan fingerprint density at radius 2 is 1.93 bits per heavy atom. The highest BCUT2D eigenvalue weighted by molar-refractivity contribution is 6.04. The van der Waals surface area contributed by atoms with Gasteiger partial charge in [0.1, 0.15) is 23.7 Å². The molecule has 4 aromatic rings. The number of aromatic nitrogens is 6. The van der Waals surface area contributed by atoms with E-state index in [0.717, 1.165) is 24.2 Å². The minimum Gasteiger partial charge on any atom is -0.387 e. The number of amides is 1. The third-order valence-corrected chi connectivity index (χ3v) is 8.35. The molecule has 2 aliphatic heterocycles. The van der Waals surface area contributed by atoms with Gasteiger partial charge in [-0.25, -0.2) is 14.4 Å². The fraction of sp³-hybridized carbons (Fsp3) is 0.433. The molecule has 1 saturated carbocycles. The first-order chi connectivity index (χ1) is 20.6. The smallest absolute Gasteiger partial charge is 0.259 e. The summed E-state index contributed by atoms with van der Waals surface area (Å²) in [6.45, 7) is 7.07. The molecule has 3 N–H and O–H groups in total. The minimum absolute atomic E-state index is 0.116. The van der Waals surface area contributed by atoms with E-state index in [1.807, 2.05) is 27.9 Å². The number of rotatable bonds is 7. The van der Waals surface area contributed by atoms with Gasteiger partial charge in [0.25, 0.3) is 5.91 Å². The second-order valence-electron chi connectivity index (χ2n) is 12.4. The van der Waals surface area contributed by atoms with Crippen LogP contribution in [0.3, 0.4) is 0 Å². The number of halogens is 1. The number of fused-ring (bicyclic) bond motifs is 3. The first kappa shape index (κ1) is 27.8. The molecule has 224 valence electrons. The summed E-state index contributed by atoms with van der Waals surface area (Å²) in [5.41, 5.74) is 2.69. The maximum absolute atomic E-state index is 15.6. The highest BCUT2D eigenvalue weighted by Crippen LogP contribution is 2.43. The van der Waals surface area contributed by atoms with Crippen LogP contribution in [0, 0.1) is 5.82 Å². The van der Waals surface area contributed by atoms with Gasteiger partial charge < -0.3 is 24.7 Å². The Labute approximate surface area is 247 Å². The average Bonchev–Trinajstić information content (AvgIpc) is 3.56. The van der Waals surface area contributed by atoms with Crippen LogP contribution >= 0.6 is 0 Å². The number of aliphatic hydroxyl groups excluding tert-OH is 1. The number of carbonyl (C=O) groups excluding carboxylic acids is 1. The third kappa shape index (κ3) is 5.12. The number of anilines is 1. The molecule has 3 aliphatic rings. The van der Waals surface area contributed by atoms with E-state index in [1.54, 1.807) is 48.7 Å². The van der Waals surface area contributed by atoms with Gasteiger partial charge in [-0.15, -0.1) is 10.2 Å². The van der Waals surface area contributed by atoms with Crippen LogP contribution in [0.1, 0.15) is 72.9 Å². The van der Waals surface area contributed by atoms with Gasteiger partial charge in [0.2, 0.25) is 0 Å². The summed E-state index contributed by atoms with van der Waals surface area (Å²) < 4.78 is 19.4. The lowest BCUT2D eigenvalue weighted by atomic mass is 9.97. The van der Waals surface area contributed by atoms with Crippen LogP contribution in [0.15, 0.2) is 43.0 Å². The fourth-order valence-electron chi connectivity index (χ4n) is 6.05. The number of aliphatic hydroxyl groups is 2. The molecule has 0 radical (unpaired) electrons. The molecular formula is C30H34FN9O3. The number of nitrogens with zero attached hydrogens (tertiary/aromatic N) is 8. The zero-order valence-corrected chi connectivity index (χ0v) is 24.3. The van der Waals surface area contributed by atoms with E-state index in [4.69, 9.17) is 4.98 Å². The maximum atomic E-state index is 15.6. The average molecular weight is 588 g/mol. The van der Waals surface area contributed by atoms with Gasteiger partial charge in [-0.2, -0.15) is 0 Å². The van der Waals surface area contributed by atoms with Crippen molar-refractivity contribution >= 4 is 11.7 Å². The second kappa shape index (κ2) is 10.3. The molecule has 0 bridgehead atoms. The Morgan fingerprint density at radius 1 is 1.14 bits per heavy atom. The van der Waals surface area contributed by atoms with Gasteiger partial charge in [-0.1, -0.05) is 6.07 Å². The molecule has 43 heavy (non-hydrogen) atoms. The molecular weight excluding hydrogens is 553 g/mol. The number of β-amino-alcohol motifs (C(OH)–C–C–N with tert-alkyl or cyclic N) is 1. The monoisotopic (exact) mass is 587 g/mol. The van der Waals surface area contributed by atoms with Crippen LogP contribution < -0.4 is 5.32 Å². The Morgan fingerprint density at radius 3 is 2.65 bits per heavy atom. The number of hydrogen-bond donors (Lipinski definition) is 3. The lowest BCUT2D eigenvalue weighted by Gasteiger charge is -2.49. The number of likely N-dealkylation sites (tertiary alicyclic amines) is 1. The summed E-state index contributed by atoms with van der Waals surface area (Å²) in [6, 6.07) is 8.19. The predicted molar refractivity (Wildman–Crippen MR) is 155 cm³/mol. The first-order valence-electron chi connectivity index (χ1n) is 14.5. The van der Waals surface area contributed by atoms with Gasteiger partial charge in [0, 0.05) is 38.1 Å². The summed E-state index contributed by atoms with van der Waals surface area (Å²) in [5.74, 6) is -0.142. The Bertz CT molecular complexity index is 1700. The van der Waals surface area contributed by atoms with Crippen molar-refractivity contribution < 1.29 is 19.4 Å². The van der Waals surface area contributed by atoms with Crippen LogP contribution in [0.25, 0.3) is 17.2 Å². The van der Waals surface area contributed by atoms with E-state index in [0.29, 0.717) is 48.3 Å². The normalized spacial score (nSPS) is 19.0. The minimum atomic E-state index is -0.965. The van der Waals surface area contributed by atoms with E-state index in [1.165, 1.54) is 6.07 Å². The molecule has 7 rings (SSSR count). The molecule has 1 aromatic carbocycles. The summed E-state index contributed by atoms with van der Waals surface area (Å²) in [6.07, 6.45) is 4.48. The van der Waals surface area contributed by atoms with Crippen molar-refractivity contribution in [3.63, 3.8) is 0 Å². The molecule has 1 aliphatic carbocycles. The molecule has 1 unspecified atom stereocenters. The van der Waals surface area contributed by atoms with Crippen LogP contribution in [-0.4, -0.2) is 80.3 Å².